The van der Waals surface area contributed by atoms with Gasteiger partial charge >= 0.3 is 11.7 Å². The fourth-order valence-electron chi connectivity index (χ4n) is 2.23. The van der Waals surface area contributed by atoms with Crippen molar-refractivity contribution >= 4 is 17.5 Å². The Bertz CT molecular complexity index is 554. The van der Waals surface area contributed by atoms with Crippen LogP contribution in [0.4, 0.5) is 11.5 Å². The molecule has 0 bridgehead atoms. The Morgan fingerprint density at radius 3 is 2.85 bits per heavy atom. The molecule has 0 atom stereocenters. The van der Waals surface area contributed by atoms with Crippen LogP contribution in [0.2, 0.25) is 0 Å². The number of hydrogen-bond donors (Lipinski definition) is 1. The second kappa shape index (κ2) is 5.04. The minimum absolute atomic E-state index is 0.0206. The molecule has 2 heterocycles. The van der Waals surface area contributed by atoms with E-state index in [0.29, 0.717) is 24.5 Å². The number of anilines is 1. The molecule has 1 aliphatic heterocycles. The Morgan fingerprint density at radius 2 is 2.30 bits per heavy atom. The van der Waals surface area contributed by atoms with Crippen LogP contribution in [-0.4, -0.2) is 46.3 Å². The number of aryl methyl sites for hydroxylation is 1. The van der Waals surface area contributed by atoms with Gasteiger partial charge in [-0.15, -0.1) is 0 Å². The summed E-state index contributed by atoms with van der Waals surface area (Å²) in [5, 5.41) is 19.7. The number of pyridine rings is 1. The molecule has 1 saturated heterocycles. The van der Waals surface area contributed by atoms with Gasteiger partial charge in [-0.25, -0.2) is 9.78 Å². The molecule has 0 aromatic carbocycles. The average molecular weight is 281 g/mol. The summed E-state index contributed by atoms with van der Waals surface area (Å²) in [6.07, 6.45) is 1.52. The Morgan fingerprint density at radius 1 is 1.65 bits per heavy atom. The molecule has 8 nitrogen and oxygen atoms in total. The SMILES string of the molecule is Cc1ccnc(N2CC(C)(OCC(=O)O)C2)c1[N+](=O)[O-]. The first kappa shape index (κ1) is 14.2. The van der Waals surface area contributed by atoms with Gasteiger partial charge in [0, 0.05) is 11.8 Å². The van der Waals surface area contributed by atoms with E-state index in [4.69, 9.17) is 9.84 Å². The predicted molar refractivity (Wildman–Crippen MR) is 69.8 cm³/mol. The van der Waals surface area contributed by atoms with Crippen LogP contribution in [0.1, 0.15) is 12.5 Å². The van der Waals surface area contributed by atoms with Gasteiger partial charge < -0.3 is 14.7 Å². The topological polar surface area (TPSA) is 106 Å². The number of rotatable bonds is 5. The summed E-state index contributed by atoms with van der Waals surface area (Å²) in [6, 6.07) is 1.58. The number of hydrogen-bond acceptors (Lipinski definition) is 6. The maximum atomic E-state index is 11.1. The summed E-state index contributed by atoms with van der Waals surface area (Å²) in [5.74, 6) is -0.740. The normalized spacial score (nSPS) is 16.6. The van der Waals surface area contributed by atoms with E-state index >= 15 is 0 Å². The van der Waals surface area contributed by atoms with E-state index in [2.05, 4.69) is 4.98 Å². The summed E-state index contributed by atoms with van der Waals surface area (Å²) >= 11 is 0. The van der Waals surface area contributed by atoms with Crippen molar-refractivity contribution in [3.05, 3.63) is 27.9 Å². The Kier molecular flexibility index (Phi) is 3.58. The molecular formula is C12H15N3O5. The lowest BCUT2D eigenvalue weighted by molar-refractivity contribution is -0.385. The first-order chi connectivity index (χ1) is 9.32. The first-order valence-electron chi connectivity index (χ1n) is 6.03. The quantitative estimate of drug-likeness (QED) is 0.633. The van der Waals surface area contributed by atoms with E-state index < -0.39 is 16.5 Å². The highest BCUT2D eigenvalue weighted by atomic mass is 16.6. The lowest BCUT2D eigenvalue weighted by atomic mass is 9.96. The zero-order valence-corrected chi connectivity index (χ0v) is 11.2. The maximum absolute atomic E-state index is 11.1. The van der Waals surface area contributed by atoms with Gasteiger partial charge in [0.15, 0.2) is 0 Å². The number of aliphatic carboxylic acids is 1. The van der Waals surface area contributed by atoms with Crippen LogP contribution in [0.25, 0.3) is 0 Å². The van der Waals surface area contributed by atoms with Crippen LogP contribution in [-0.2, 0) is 9.53 Å². The van der Waals surface area contributed by atoms with Crippen LogP contribution in [0.3, 0.4) is 0 Å². The highest BCUT2D eigenvalue weighted by Gasteiger charge is 2.43. The number of nitrogens with zero attached hydrogens (tertiary/aromatic N) is 3. The second-order valence-electron chi connectivity index (χ2n) is 5.05. The van der Waals surface area contributed by atoms with Gasteiger partial charge in [0.2, 0.25) is 5.82 Å². The molecule has 0 aliphatic carbocycles. The summed E-state index contributed by atoms with van der Waals surface area (Å²) in [5.41, 5.74) is -0.0923. The fourth-order valence-corrected chi connectivity index (χ4v) is 2.23. The standard InChI is InChI=1S/C12H15N3O5/c1-8-3-4-13-11(10(8)15(18)19)14-6-12(2,7-14)20-5-9(16)17/h3-4H,5-7H2,1-2H3,(H,16,17). The van der Waals surface area contributed by atoms with Gasteiger partial charge in [0.05, 0.1) is 18.0 Å². The number of carboxylic acids is 1. The zero-order chi connectivity index (χ0) is 14.9. The summed E-state index contributed by atoms with van der Waals surface area (Å²) in [4.78, 5) is 26.9. The lowest BCUT2D eigenvalue weighted by Gasteiger charge is -2.47. The smallest absolute Gasteiger partial charge is 0.329 e. The number of nitro groups is 1. The summed E-state index contributed by atoms with van der Waals surface area (Å²) in [7, 11) is 0. The van der Waals surface area contributed by atoms with Gasteiger partial charge in [0.1, 0.15) is 12.2 Å². The predicted octanol–water partition coefficient (Wildman–Crippen LogP) is 0.978. The molecule has 0 saturated carbocycles. The monoisotopic (exact) mass is 281 g/mol. The molecule has 108 valence electrons. The molecular weight excluding hydrogens is 266 g/mol. The van der Waals surface area contributed by atoms with Crippen molar-refractivity contribution in [2.24, 2.45) is 0 Å². The van der Waals surface area contributed by atoms with Crippen molar-refractivity contribution in [1.29, 1.82) is 0 Å². The first-order valence-corrected chi connectivity index (χ1v) is 6.03. The Balaban J connectivity index is 2.11. The molecule has 1 fully saturated rings. The van der Waals surface area contributed by atoms with E-state index in [-0.39, 0.29) is 12.3 Å². The van der Waals surface area contributed by atoms with Crippen LogP contribution in [0.5, 0.6) is 0 Å². The Hall–Kier alpha value is -2.22. The molecule has 1 aliphatic rings. The second-order valence-corrected chi connectivity index (χ2v) is 5.05. The van der Waals surface area contributed by atoms with Crippen LogP contribution >= 0.6 is 0 Å². The highest BCUT2D eigenvalue weighted by molar-refractivity contribution is 5.68. The van der Waals surface area contributed by atoms with Crippen molar-refractivity contribution < 1.29 is 19.6 Å². The molecule has 0 unspecified atom stereocenters. The zero-order valence-electron chi connectivity index (χ0n) is 11.2. The summed E-state index contributed by atoms with van der Waals surface area (Å²) < 4.78 is 5.27. The third kappa shape index (κ3) is 2.69. The van der Waals surface area contributed by atoms with Gasteiger partial charge in [-0.2, -0.15) is 0 Å². The van der Waals surface area contributed by atoms with Crippen molar-refractivity contribution in [1.82, 2.24) is 4.98 Å². The molecule has 1 aromatic heterocycles. The molecule has 2 rings (SSSR count). The van der Waals surface area contributed by atoms with Crippen molar-refractivity contribution in [3.8, 4) is 0 Å². The summed E-state index contributed by atoms with van der Waals surface area (Å²) in [6.45, 7) is 3.79. The third-order valence-electron chi connectivity index (χ3n) is 3.18. The number of carbonyl (C=O) groups is 1. The van der Waals surface area contributed by atoms with E-state index in [1.807, 2.05) is 0 Å². The third-order valence-corrected chi connectivity index (χ3v) is 3.18. The molecule has 0 spiro atoms. The molecule has 20 heavy (non-hydrogen) atoms. The number of carboxylic acid groups (broad SMARTS) is 1. The van der Waals surface area contributed by atoms with E-state index in [9.17, 15) is 14.9 Å². The van der Waals surface area contributed by atoms with Gasteiger partial charge in [-0.3, -0.25) is 10.1 Å². The van der Waals surface area contributed by atoms with Crippen LogP contribution in [0.15, 0.2) is 12.3 Å². The molecule has 1 aromatic rings. The number of ether oxygens (including phenoxy) is 1. The van der Waals surface area contributed by atoms with Gasteiger partial charge in [-0.1, -0.05) is 0 Å². The van der Waals surface area contributed by atoms with Crippen LogP contribution < -0.4 is 4.90 Å². The van der Waals surface area contributed by atoms with Gasteiger partial charge in [0.25, 0.3) is 0 Å². The van der Waals surface area contributed by atoms with E-state index in [0.717, 1.165) is 0 Å². The average Bonchev–Trinajstić information content (AvgIpc) is 2.32. The van der Waals surface area contributed by atoms with E-state index in [1.54, 1.807) is 24.8 Å². The van der Waals surface area contributed by atoms with Crippen molar-refractivity contribution in [3.63, 3.8) is 0 Å². The molecule has 8 heteroatoms. The van der Waals surface area contributed by atoms with Gasteiger partial charge in [-0.05, 0) is 19.9 Å². The van der Waals surface area contributed by atoms with E-state index in [1.165, 1.54) is 6.20 Å². The Labute approximate surface area is 115 Å². The largest absolute Gasteiger partial charge is 0.480 e. The minimum atomic E-state index is -1.04. The maximum Gasteiger partial charge on any atom is 0.329 e. The number of aromatic nitrogens is 1. The lowest BCUT2D eigenvalue weighted by Crippen LogP contribution is -2.62. The molecule has 1 N–H and O–H groups in total. The minimum Gasteiger partial charge on any atom is -0.480 e. The molecule has 0 radical (unpaired) electrons. The van der Waals surface area contributed by atoms with Crippen molar-refractivity contribution in [2.75, 3.05) is 24.6 Å². The fraction of sp³-hybridized carbons (Fsp3) is 0.500. The highest BCUT2D eigenvalue weighted by Crippen LogP contribution is 2.35. The van der Waals surface area contributed by atoms with Crippen LogP contribution in [0, 0.1) is 17.0 Å². The molecule has 0 amide bonds. The van der Waals surface area contributed by atoms with Crippen molar-refractivity contribution in [2.45, 2.75) is 19.4 Å².